The minimum absolute atomic E-state index is 0.311. The number of pyridine rings is 2. The number of halogens is 1. The van der Waals surface area contributed by atoms with E-state index in [1.807, 2.05) is 18.2 Å². The maximum absolute atomic E-state index is 14.4. The molecule has 0 fully saturated rings. The first-order chi connectivity index (χ1) is 15.3. The van der Waals surface area contributed by atoms with Gasteiger partial charge in [0.05, 0.1) is 11.4 Å². The number of hydrogen-bond acceptors (Lipinski definition) is 5. The van der Waals surface area contributed by atoms with Crippen LogP contribution in [-0.2, 0) is 0 Å². The standard InChI is InChI=1S/C23H14FN7/c24-18-4-2-1-3-15(18)21-16-8-20(29-19(16)5-6-27-21)22-17-7-13(11-28-23(17)31-30-22)14-9-25-12-26-10-14/h1-12,29H,(H,28,30,31). The third-order valence-electron chi connectivity index (χ3n) is 5.24. The number of nitrogens with one attached hydrogen (secondary N) is 2. The van der Waals surface area contributed by atoms with Crippen molar-refractivity contribution < 1.29 is 4.39 Å². The van der Waals surface area contributed by atoms with E-state index in [9.17, 15) is 4.39 Å². The molecule has 8 heteroatoms. The molecular formula is C23H14FN7. The number of aromatic nitrogens is 7. The summed E-state index contributed by atoms with van der Waals surface area (Å²) >= 11 is 0. The summed E-state index contributed by atoms with van der Waals surface area (Å²) in [7, 11) is 0. The van der Waals surface area contributed by atoms with Crippen molar-refractivity contribution in [3.63, 3.8) is 0 Å². The lowest BCUT2D eigenvalue weighted by Gasteiger charge is -2.03. The Morgan fingerprint density at radius 2 is 1.68 bits per heavy atom. The van der Waals surface area contributed by atoms with Crippen LogP contribution in [0.3, 0.4) is 0 Å². The van der Waals surface area contributed by atoms with Crippen molar-refractivity contribution in [2.45, 2.75) is 0 Å². The van der Waals surface area contributed by atoms with E-state index in [4.69, 9.17) is 0 Å². The monoisotopic (exact) mass is 407 g/mol. The molecule has 6 rings (SSSR count). The van der Waals surface area contributed by atoms with Crippen molar-refractivity contribution in [2.24, 2.45) is 0 Å². The molecule has 31 heavy (non-hydrogen) atoms. The van der Waals surface area contributed by atoms with Crippen LogP contribution in [0.2, 0.25) is 0 Å². The Balaban J connectivity index is 1.53. The van der Waals surface area contributed by atoms with Gasteiger partial charge in [0.2, 0.25) is 0 Å². The number of rotatable bonds is 3. The van der Waals surface area contributed by atoms with Crippen LogP contribution in [0.4, 0.5) is 4.39 Å². The van der Waals surface area contributed by atoms with Gasteiger partial charge in [0.1, 0.15) is 17.8 Å². The van der Waals surface area contributed by atoms with E-state index in [0.717, 1.165) is 38.8 Å². The van der Waals surface area contributed by atoms with Gasteiger partial charge in [-0.25, -0.2) is 19.3 Å². The maximum Gasteiger partial charge on any atom is 0.155 e. The first-order valence-electron chi connectivity index (χ1n) is 9.60. The highest BCUT2D eigenvalue weighted by Gasteiger charge is 2.16. The minimum atomic E-state index is -0.311. The van der Waals surface area contributed by atoms with Gasteiger partial charge in [-0.15, -0.1) is 0 Å². The van der Waals surface area contributed by atoms with Gasteiger partial charge in [-0.3, -0.25) is 10.1 Å². The van der Waals surface area contributed by atoms with Crippen LogP contribution in [0.5, 0.6) is 0 Å². The van der Waals surface area contributed by atoms with E-state index >= 15 is 0 Å². The van der Waals surface area contributed by atoms with Crippen LogP contribution in [0.1, 0.15) is 0 Å². The van der Waals surface area contributed by atoms with Crippen LogP contribution >= 0.6 is 0 Å². The molecule has 0 bridgehead atoms. The molecule has 7 nitrogen and oxygen atoms in total. The zero-order valence-electron chi connectivity index (χ0n) is 16.0. The summed E-state index contributed by atoms with van der Waals surface area (Å²) in [5.74, 6) is -0.311. The average Bonchev–Trinajstić information content (AvgIpc) is 3.43. The average molecular weight is 407 g/mol. The Bertz CT molecular complexity index is 1550. The van der Waals surface area contributed by atoms with Crippen LogP contribution in [0.15, 0.2) is 73.6 Å². The number of H-pyrrole nitrogens is 2. The van der Waals surface area contributed by atoms with E-state index < -0.39 is 0 Å². The number of fused-ring (bicyclic) bond motifs is 2. The van der Waals surface area contributed by atoms with Gasteiger partial charge in [-0.1, -0.05) is 12.1 Å². The second-order valence-corrected chi connectivity index (χ2v) is 7.10. The molecule has 0 atom stereocenters. The Hall–Kier alpha value is -4.46. The molecule has 0 radical (unpaired) electrons. The lowest BCUT2D eigenvalue weighted by Crippen LogP contribution is -1.87. The number of nitrogens with zero attached hydrogens (tertiary/aromatic N) is 5. The van der Waals surface area contributed by atoms with Crippen molar-refractivity contribution in [3.8, 4) is 33.8 Å². The molecule has 0 aliphatic carbocycles. The molecule has 148 valence electrons. The van der Waals surface area contributed by atoms with Crippen LogP contribution in [-0.4, -0.2) is 35.1 Å². The van der Waals surface area contributed by atoms with Crippen LogP contribution in [0, 0.1) is 5.82 Å². The van der Waals surface area contributed by atoms with E-state index in [-0.39, 0.29) is 5.82 Å². The zero-order valence-corrected chi connectivity index (χ0v) is 16.0. The number of hydrogen-bond donors (Lipinski definition) is 2. The largest absolute Gasteiger partial charge is 0.353 e. The number of aromatic amines is 2. The smallest absolute Gasteiger partial charge is 0.155 e. The van der Waals surface area contributed by atoms with Crippen molar-refractivity contribution in [2.75, 3.05) is 0 Å². The highest BCUT2D eigenvalue weighted by molar-refractivity contribution is 6.00. The highest BCUT2D eigenvalue weighted by atomic mass is 19.1. The van der Waals surface area contributed by atoms with E-state index in [0.29, 0.717) is 16.9 Å². The quantitative estimate of drug-likeness (QED) is 0.441. The van der Waals surface area contributed by atoms with Gasteiger partial charge < -0.3 is 4.98 Å². The Morgan fingerprint density at radius 3 is 2.55 bits per heavy atom. The lowest BCUT2D eigenvalue weighted by atomic mass is 10.1. The summed E-state index contributed by atoms with van der Waals surface area (Å²) in [4.78, 5) is 20.5. The third kappa shape index (κ3) is 2.84. The second kappa shape index (κ2) is 6.81. The van der Waals surface area contributed by atoms with E-state index in [2.05, 4.69) is 35.1 Å². The molecule has 0 unspecified atom stereocenters. The molecule has 5 aromatic heterocycles. The fourth-order valence-electron chi connectivity index (χ4n) is 3.76. The number of benzene rings is 1. The van der Waals surface area contributed by atoms with Crippen molar-refractivity contribution in [1.29, 1.82) is 0 Å². The molecule has 1 aromatic carbocycles. The fourth-order valence-corrected chi connectivity index (χ4v) is 3.76. The first kappa shape index (κ1) is 17.4. The predicted octanol–water partition coefficient (Wildman–Crippen LogP) is 4.76. The molecule has 0 aliphatic rings. The van der Waals surface area contributed by atoms with Gasteiger partial charge in [-0.05, 0) is 30.3 Å². The molecule has 2 N–H and O–H groups in total. The normalized spacial score (nSPS) is 11.4. The van der Waals surface area contributed by atoms with Crippen LogP contribution in [0.25, 0.3) is 55.7 Å². The van der Waals surface area contributed by atoms with E-state index in [1.165, 1.54) is 12.4 Å². The molecule has 5 heterocycles. The Morgan fingerprint density at radius 1 is 0.806 bits per heavy atom. The summed E-state index contributed by atoms with van der Waals surface area (Å²) in [6.45, 7) is 0. The van der Waals surface area contributed by atoms with Gasteiger partial charge >= 0.3 is 0 Å². The molecule has 0 aliphatic heterocycles. The third-order valence-corrected chi connectivity index (χ3v) is 5.24. The minimum Gasteiger partial charge on any atom is -0.353 e. The summed E-state index contributed by atoms with van der Waals surface area (Å²) < 4.78 is 14.4. The molecule has 6 aromatic rings. The topological polar surface area (TPSA) is 96.0 Å². The molecular weight excluding hydrogens is 393 g/mol. The SMILES string of the molecule is Fc1ccccc1-c1nccc2[nH]c(-c3n[nH]c4ncc(-c5cncnc5)cc34)cc12. The predicted molar refractivity (Wildman–Crippen MR) is 115 cm³/mol. The van der Waals surface area contributed by atoms with Gasteiger partial charge in [0.25, 0.3) is 0 Å². The first-order valence-corrected chi connectivity index (χ1v) is 9.60. The van der Waals surface area contributed by atoms with Crippen LogP contribution < -0.4 is 0 Å². The van der Waals surface area contributed by atoms with Gasteiger partial charge in [0, 0.05) is 57.8 Å². The fraction of sp³-hybridized carbons (Fsp3) is 0. The van der Waals surface area contributed by atoms with Gasteiger partial charge in [0.15, 0.2) is 5.65 Å². The molecule has 0 saturated heterocycles. The summed E-state index contributed by atoms with van der Waals surface area (Å²) in [5.41, 5.74) is 5.82. The second-order valence-electron chi connectivity index (χ2n) is 7.10. The lowest BCUT2D eigenvalue weighted by molar-refractivity contribution is 0.631. The Labute approximate surface area is 175 Å². The maximum atomic E-state index is 14.4. The van der Waals surface area contributed by atoms with Crippen molar-refractivity contribution in [1.82, 2.24) is 35.1 Å². The van der Waals surface area contributed by atoms with Crippen molar-refractivity contribution in [3.05, 3.63) is 79.4 Å². The molecule has 0 amide bonds. The van der Waals surface area contributed by atoms with Crippen molar-refractivity contribution >= 4 is 21.9 Å². The molecule has 0 saturated carbocycles. The van der Waals surface area contributed by atoms with Gasteiger partial charge in [-0.2, -0.15) is 5.10 Å². The van der Waals surface area contributed by atoms with E-state index in [1.54, 1.807) is 43.0 Å². The summed E-state index contributed by atoms with van der Waals surface area (Å²) in [6.07, 6.45) is 8.40. The summed E-state index contributed by atoms with van der Waals surface area (Å²) in [6, 6.07) is 12.4. The Kier molecular flexibility index (Phi) is 3.82. The zero-order chi connectivity index (χ0) is 20.8. The summed E-state index contributed by atoms with van der Waals surface area (Å²) in [5, 5.41) is 9.12. The highest BCUT2D eigenvalue weighted by Crippen LogP contribution is 2.34. The molecule has 0 spiro atoms.